The molecule has 2 N–H and O–H groups in total. The van der Waals surface area contributed by atoms with E-state index in [4.69, 9.17) is 15.3 Å². The number of rotatable bonds is 1. The fraction of sp³-hybridized carbons (Fsp3) is 0.167. The highest BCUT2D eigenvalue weighted by Gasteiger charge is 2.16. The molecule has 56 valence electrons. The molecule has 3 nitrogen and oxygen atoms in total. The van der Waals surface area contributed by atoms with Crippen LogP contribution in [0.15, 0.2) is 6.07 Å². The molecule has 1 aromatic heterocycles. The summed E-state index contributed by atoms with van der Waals surface area (Å²) in [5.74, 6) is 0. The number of hydrogen-bond donors (Lipinski definition) is 2. The third kappa shape index (κ3) is 1.60. The summed E-state index contributed by atoms with van der Waals surface area (Å²) in [6, 6.07) is 3.43. The summed E-state index contributed by atoms with van der Waals surface area (Å²) in [5.41, 5.74) is 0.423. The molecule has 0 aliphatic carbocycles. The van der Waals surface area contributed by atoms with Gasteiger partial charge in [0.15, 0.2) is 0 Å². The van der Waals surface area contributed by atoms with Crippen molar-refractivity contribution in [3.63, 3.8) is 0 Å². The molecule has 0 bridgehead atoms. The molecule has 0 aliphatic heterocycles. The topological polar surface area (TPSA) is 64.2 Å². The van der Waals surface area contributed by atoms with Gasteiger partial charge in [0.05, 0.1) is 0 Å². The van der Waals surface area contributed by atoms with Gasteiger partial charge in [-0.1, -0.05) is 0 Å². The average Bonchev–Trinajstić information content (AvgIpc) is 2.30. The first-order chi connectivity index (χ1) is 5.15. The molecule has 0 spiro atoms. The molecule has 0 saturated heterocycles. The SMILES string of the molecule is Cc1sc(C#N)cc1B(O)O. The standard InChI is InChI=1S/C6H6BNO2S/c1-4-6(7(9)10)2-5(3-8)11-4/h2,9-10H,1H3. The second-order valence-electron chi connectivity index (χ2n) is 2.11. The minimum Gasteiger partial charge on any atom is -0.423 e. The number of nitriles is 1. The molecule has 5 heteroatoms. The van der Waals surface area contributed by atoms with Crippen LogP contribution in [0.4, 0.5) is 0 Å². The Kier molecular flexibility index (Phi) is 2.30. The Hall–Kier alpha value is -0.825. The Morgan fingerprint density at radius 1 is 1.64 bits per heavy atom. The van der Waals surface area contributed by atoms with E-state index in [0.717, 1.165) is 4.88 Å². The summed E-state index contributed by atoms with van der Waals surface area (Å²) < 4.78 is 0. The monoisotopic (exact) mass is 167 g/mol. The van der Waals surface area contributed by atoms with Crippen molar-refractivity contribution in [3.8, 4) is 6.07 Å². The molecular formula is C6H6BNO2S. The van der Waals surface area contributed by atoms with Crippen LogP contribution in [0, 0.1) is 18.3 Å². The van der Waals surface area contributed by atoms with Crippen LogP contribution in [0.1, 0.15) is 9.75 Å². The molecule has 11 heavy (non-hydrogen) atoms. The zero-order chi connectivity index (χ0) is 8.43. The fourth-order valence-corrected chi connectivity index (χ4v) is 1.65. The van der Waals surface area contributed by atoms with E-state index in [1.807, 2.05) is 6.07 Å². The van der Waals surface area contributed by atoms with Crippen molar-refractivity contribution in [2.75, 3.05) is 0 Å². The van der Waals surface area contributed by atoms with Crippen LogP contribution in [0.2, 0.25) is 0 Å². The predicted octanol–water partition coefficient (Wildman–Crippen LogP) is -0.392. The third-order valence-corrected chi connectivity index (χ3v) is 2.32. The molecular weight excluding hydrogens is 161 g/mol. The van der Waals surface area contributed by atoms with Gasteiger partial charge in [0.1, 0.15) is 10.9 Å². The molecule has 1 rings (SSSR count). The lowest BCUT2D eigenvalue weighted by molar-refractivity contribution is 0.425. The van der Waals surface area contributed by atoms with Crippen LogP contribution in [-0.4, -0.2) is 17.2 Å². The summed E-state index contributed by atoms with van der Waals surface area (Å²) in [6.07, 6.45) is 0. The van der Waals surface area contributed by atoms with E-state index in [1.165, 1.54) is 17.4 Å². The summed E-state index contributed by atoms with van der Waals surface area (Å²) in [7, 11) is -1.46. The molecule has 0 saturated carbocycles. The Labute approximate surface area is 68.7 Å². The molecule has 0 unspecified atom stereocenters. The van der Waals surface area contributed by atoms with E-state index in [0.29, 0.717) is 10.3 Å². The Bertz CT molecular complexity index is 302. The number of thiophene rings is 1. The van der Waals surface area contributed by atoms with Crippen LogP contribution >= 0.6 is 11.3 Å². The van der Waals surface area contributed by atoms with Gasteiger partial charge < -0.3 is 10.0 Å². The Morgan fingerprint density at radius 3 is 2.55 bits per heavy atom. The largest absolute Gasteiger partial charge is 0.489 e. The number of nitrogens with zero attached hydrogens (tertiary/aromatic N) is 1. The second kappa shape index (κ2) is 3.05. The van der Waals surface area contributed by atoms with Crippen molar-refractivity contribution in [1.82, 2.24) is 0 Å². The first-order valence-electron chi connectivity index (χ1n) is 3.01. The van der Waals surface area contributed by atoms with Crippen molar-refractivity contribution >= 4 is 23.9 Å². The maximum absolute atomic E-state index is 8.77. The van der Waals surface area contributed by atoms with Gasteiger partial charge in [-0.2, -0.15) is 5.26 Å². The minimum atomic E-state index is -1.46. The van der Waals surface area contributed by atoms with Gasteiger partial charge in [0, 0.05) is 4.88 Å². The minimum absolute atomic E-state index is 0.423. The van der Waals surface area contributed by atoms with Gasteiger partial charge >= 0.3 is 7.12 Å². The van der Waals surface area contributed by atoms with Crippen LogP contribution in [0.25, 0.3) is 0 Å². The number of hydrogen-bond acceptors (Lipinski definition) is 4. The third-order valence-electron chi connectivity index (χ3n) is 1.34. The van der Waals surface area contributed by atoms with Crippen LogP contribution in [0.3, 0.4) is 0 Å². The van der Waals surface area contributed by atoms with E-state index >= 15 is 0 Å². The second-order valence-corrected chi connectivity index (χ2v) is 3.36. The lowest BCUT2D eigenvalue weighted by Gasteiger charge is -1.93. The zero-order valence-electron chi connectivity index (χ0n) is 5.90. The quantitative estimate of drug-likeness (QED) is 0.559. The molecule has 0 atom stereocenters. The van der Waals surface area contributed by atoms with Crippen molar-refractivity contribution in [2.45, 2.75) is 6.92 Å². The van der Waals surface area contributed by atoms with Crippen LogP contribution in [-0.2, 0) is 0 Å². The summed E-state index contributed by atoms with van der Waals surface area (Å²) in [5, 5.41) is 26.0. The molecule has 0 aromatic carbocycles. The molecule has 0 fully saturated rings. The van der Waals surface area contributed by atoms with Gasteiger partial charge in [-0.15, -0.1) is 11.3 Å². The highest BCUT2D eigenvalue weighted by atomic mass is 32.1. The van der Waals surface area contributed by atoms with Gasteiger partial charge in [-0.3, -0.25) is 0 Å². The summed E-state index contributed by atoms with van der Waals surface area (Å²) in [4.78, 5) is 1.28. The van der Waals surface area contributed by atoms with Gasteiger partial charge in [0.25, 0.3) is 0 Å². The Morgan fingerprint density at radius 2 is 2.27 bits per heavy atom. The molecule has 0 aliphatic rings. The van der Waals surface area contributed by atoms with E-state index in [2.05, 4.69) is 0 Å². The molecule has 1 aromatic rings. The van der Waals surface area contributed by atoms with Crippen molar-refractivity contribution < 1.29 is 10.0 Å². The maximum atomic E-state index is 8.77. The first kappa shape index (κ1) is 8.27. The van der Waals surface area contributed by atoms with Crippen molar-refractivity contribution in [3.05, 3.63) is 15.8 Å². The smallest absolute Gasteiger partial charge is 0.423 e. The summed E-state index contributed by atoms with van der Waals surface area (Å²) >= 11 is 1.26. The highest BCUT2D eigenvalue weighted by molar-refractivity contribution is 7.13. The predicted molar refractivity (Wildman–Crippen MR) is 43.6 cm³/mol. The van der Waals surface area contributed by atoms with Crippen molar-refractivity contribution in [2.24, 2.45) is 0 Å². The zero-order valence-corrected chi connectivity index (χ0v) is 6.72. The molecule has 0 radical (unpaired) electrons. The van der Waals surface area contributed by atoms with Crippen LogP contribution < -0.4 is 5.46 Å². The lowest BCUT2D eigenvalue weighted by atomic mass is 9.80. The normalized spacial score (nSPS) is 9.27. The van der Waals surface area contributed by atoms with Gasteiger partial charge in [0.2, 0.25) is 0 Å². The lowest BCUT2D eigenvalue weighted by Crippen LogP contribution is -2.30. The first-order valence-corrected chi connectivity index (χ1v) is 3.83. The maximum Gasteiger partial charge on any atom is 0.489 e. The highest BCUT2D eigenvalue weighted by Crippen LogP contribution is 2.11. The van der Waals surface area contributed by atoms with E-state index in [1.54, 1.807) is 6.92 Å². The number of aryl methyl sites for hydroxylation is 1. The average molecular weight is 167 g/mol. The summed E-state index contributed by atoms with van der Waals surface area (Å²) in [6.45, 7) is 1.75. The molecule has 1 heterocycles. The fourth-order valence-electron chi connectivity index (χ4n) is 0.808. The van der Waals surface area contributed by atoms with E-state index in [-0.39, 0.29) is 0 Å². The van der Waals surface area contributed by atoms with Gasteiger partial charge in [-0.25, -0.2) is 0 Å². The Balaban J connectivity index is 3.09. The van der Waals surface area contributed by atoms with Crippen LogP contribution in [0.5, 0.6) is 0 Å². The van der Waals surface area contributed by atoms with E-state index in [9.17, 15) is 0 Å². The van der Waals surface area contributed by atoms with Crippen molar-refractivity contribution in [1.29, 1.82) is 5.26 Å². The molecule has 0 amide bonds. The van der Waals surface area contributed by atoms with Gasteiger partial charge in [-0.05, 0) is 18.5 Å². The van der Waals surface area contributed by atoms with E-state index < -0.39 is 7.12 Å².